The lowest BCUT2D eigenvalue weighted by molar-refractivity contribution is -0.122. The molecule has 2 N–H and O–H groups in total. The van der Waals surface area contributed by atoms with Gasteiger partial charge in [0.1, 0.15) is 17.4 Å². The molecule has 0 unspecified atom stereocenters. The zero-order chi connectivity index (χ0) is 18.0. The van der Waals surface area contributed by atoms with Crippen LogP contribution in [-0.4, -0.2) is 38.9 Å². The molecule has 0 bridgehead atoms. The van der Waals surface area contributed by atoms with E-state index < -0.39 is 6.04 Å². The van der Waals surface area contributed by atoms with Crippen LogP contribution in [0.1, 0.15) is 55.0 Å². The second-order valence-corrected chi connectivity index (χ2v) is 6.56. The molecule has 25 heavy (non-hydrogen) atoms. The minimum absolute atomic E-state index is 0.196. The molecule has 7 nitrogen and oxygen atoms in total. The van der Waals surface area contributed by atoms with E-state index in [2.05, 4.69) is 20.2 Å². The monoisotopic (exact) mass is 343 g/mol. The maximum atomic E-state index is 12.7. The van der Waals surface area contributed by atoms with E-state index in [1.165, 1.54) is 6.42 Å². The van der Waals surface area contributed by atoms with Crippen molar-refractivity contribution >= 4 is 23.0 Å². The van der Waals surface area contributed by atoms with Crippen LogP contribution in [0.15, 0.2) is 6.07 Å². The fourth-order valence-corrected chi connectivity index (χ4v) is 3.26. The van der Waals surface area contributed by atoms with E-state index in [9.17, 15) is 9.59 Å². The van der Waals surface area contributed by atoms with Gasteiger partial charge in [-0.3, -0.25) is 9.59 Å². The molecule has 1 aliphatic heterocycles. The van der Waals surface area contributed by atoms with Crippen molar-refractivity contribution in [2.75, 3.05) is 6.54 Å². The fraction of sp³-hybridized carbons (Fsp3) is 0.556. The van der Waals surface area contributed by atoms with Crippen LogP contribution >= 0.6 is 0 Å². The molecule has 3 heterocycles. The zero-order valence-corrected chi connectivity index (χ0v) is 15.1. The highest BCUT2D eigenvalue weighted by molar-refractivity contribution is 6.05. The standard InChI is InChI=1S/C18H25N5O2/c1-4-19-17(24)12(3)21-18(25)13-10-11(2)20-16-15(13)22-14-8-6-5-7-9-23(14)16/h10,12H,4-9H2,1-3H3,(H,19,24)(H,21,25)/t12-/m0/s1. The summed E-state index contributed by atoms with van der Waals surface area (Å²) in [5.41, 5.74) is 2.66. The number of rotatable bonds is 4. The predicted molar refractivity (Wildman–Crippen MR) is 95.4 cm³/mol. The molecule has 0 spiro atoms. The van der Waals surface area contributed by atoms with Gasteiger partial charge < -0.3 is 15.2 Å². The summed E-state index contributed by atoms with van der Waals surface area (Å²) < 4.78 is 2.14. The molecular weight excluding hydrogens is 318 g/mol. The third-order valence-corrected chi connectivity index (χ3v) is 4.53. The van der Waals surface area contributed by atoms with E-state index in [4.69, 9.17) is 4.98 Å². The third kappa shape index (κ3) is 3.50. The van der Waals surface area contributed by atoms with Gasteiger partial charge in [-0.25, -0.2) is 9.97 Å². The number of carbonyl (C=O) groups excluding carboxylic acids is 2. The summed E-state index contributed by atoms with van der Waals surface area (Å²) in [5.74, 6) is 0.512. The van der Waals surface area contributed by atoms with Crippen molar-refractivity contribution in [3.8, 4) is 0 Å². The van der Waals surface area contributed by atoms with Gasteiger partial charge in [0.15, 0.2) is 5.65 Å². The summed E-state index contributed by atoms with van der Waals surface area (Å²) in [6.07, 6.45) is 4.31. The van der Waals surface area contributed by atoms with Crippen LogP contribution in [0.2, 0.25) is 0 Å². The van der Waals surface area contributed by atoms with Gasteiger partial charge in [0.25, 0.3) is 5.91 Å². The number of carbonyl (C=O) groups is 2. The summed E-state index contributed by atoms with van der Waals surface area (Å²) >= 11 is 0. The quantitative estimate of drug-likeness (QED) is 0.885. The molecule has 0 aliphatic carbocycles. The average Bonchev–Trinajstić information content (AvgIpc) is 2.76. The minimum Gasteiger partial charge on any atom is -0.355 e. The number of nitrogens with one attached hydrogen (secondary N) is 2. The van der Waals surface area contributed by atoms with Crippen LogP contribution in [0.4, 0.5) is 0 Å². The Morgan fingerprint density at radius 2 is 2.08 bits per heavy atom. The second-order valence-electron chi connectivity index (χ2n) is 6.56. The lowest BCUT2D eigenvalue weighted by Crippen LogP contribution is -2.44. The number of hydrogen-bond donors (Lipinski definition) is 2. The van der Waals surface area contributed by atoms with Crippen molar-refractivity contribution in [2.24, 2.45) is 0 Å². The molecule has 0 saturated carbocycles. The molecule has 0 saturated heterocycles. The van der Waals surface area contributed by atoms with Gasteiger partial charge >= 0.3 is 0 Å². The van der Waals surface area contributed by atoms with Crippen LogP contribution in [0.3, 0.4) is 0 Å². The van der Waals surface area contributed by atoms with Crippen LogP contribution in [0.25, 0.3) is 11.2 Å². The molecule has 1 aliphatic rings. The molecule has 0 radical (unpaired) electrons. The molecule has 2 aromatic heterocycles. The molecule has 134 valence electrons. The Hall–Kier alpha value is -2.44. The number of aromatic nitrogens is 3. The number of fused-ring (bicyclic) bond motifs is 3. The number of pyridine rings is 1. The molecule has 1 atom stereocenters. The third-order valence-electron chi connectivity index (χ3n) is 4.53. The highest BCUT2D eigenvalue weighted by Gasteiger charge is 2.23. The number of aryl methyl sites for hydroxylation is 3. The molecule has 0 aromatic carbocycles. The number of hydrogen-bond acceptors (Lipinski definition) is 4. The summed E-state index contributed by atoms with van der Waals surface area (Å²) in [5, 5.41) is 5.48. The maximum Gasteiger partial charge on any atom is 0.254 e. The molecule has 0 fully saturated rings. The smallest absolute Gasteiger partial charge is 0.254 e. The van der Waals surface area contributed by atoms with Crippen molar-refractivity contribution in [1.82, 2.24) is 25.2 Å². The Morgan fingerprint density at radius 3 is 2.84 bits per heavy atom. The van der Waals surface area contributed by atoms with E-state index in [1.54, 1.807) is 13.0 Å². The summed E-state index contributed by atoms with van der Waals surface area (Å²) in [6, 6.07) is 1.14. The Balaban J connectivity index is 1.96. The van der Waals surface area contributed by atoms with Gasteiger partial charge in [-0.05, 0) is 39.7 Å². The highest BCUT2D eigenvalue weighted by Crippen LogP contribution is 2.24. The number of imidazole rings is 1. The first-order valence-corrected chi connectivity index (χ1v) is 8.96. The molecule has 3 rings (SSSR count). The van der Waals surface area contributed by atoms with Gasteiger partial charge in [-0.2, -0.15) is 0 Å². The Bertz CT molecular complexity index is 811. The normalized spacial score (nSPS) is 15.3. The summed E-state index contributed by atoms with van der Waals surface area (Å²) in [4.78, 5) is 33.9. The zero-order valence-electron chi connectivity index (χ0n) is 15.1. The second kappa shape index (κ2) is 7.21. The first-order valence-electron chi connectivity index (χ1n) is 8.96. The maximum absolute atomic E-state index is 12.7. The van der Waals surface area contributed by atoms with E-state index >= 15 is 0 Å². The number of nitrogens with zero attached hydrogens (tertiary/aromatic N) is 3. The van der Waals surface area contributed by atoms with Crippen molar-refractivity contribution < 1.29 is 9.59 Å². The van der Waals surface area contributed by atoms with Crippen molar-refractivity contribution in [1.29, 1.82) is 0 Å². The SMILES string of the molecule is CCNC(=O)[C@H](C)NC(=O)c1cc(C)nc2c1nc1n2CCCCC1. The van der Waals surface area contributed by atoms with Crippen LogP contribution in [-0.2, 0) is 17.8 Å². The van der Waals surface area contributed by atoms with E-state index in [0.717, 1.165) is 43.0 Å². The fourth-order valence-electron chi connectivity index (χ4n) is 3.26. The van der Waals surface area contributed by atoms with Gasteiger partial charge in [0, 0.05) is 25.2 Å². The first kappa shape index (κ1) is 17.4. The first-order chi connectivity index (χ1) is 12.0. The van der Waals surface area contributed by atoms with Crippen LogP contribution in [0, 0.1) is 6.92 Å². The lowest BCUT2D eigenvalue weighted by Gasteiger charge is -2.14. The predicted octanol–water partition coefficient (Wildman–Crippen LogP) is 1.72. The van der Waals surface area contributed by atoms with Gasteiger partial charge in [0.2, 0.25) is 5.91 Å². The van der Waals surface area contributed by atoms with Crippen molar-refractivity contribution in [3.63, 3.8) is 0 Å². The van der Waals surface area contributed by atoms with Crippen molar-refractivity contribution in [3.05, 3.63) is 23.1 Å². The largest absolute Gasteiger partial charge is 0.355 e. The average molecular weight is 343 g/mol. The molecular formula is C18H25N5O2. The molecule has 2 aromatic rings. The van der Waals surface area contributed by atoms with E-state index in [1.807, 2.05) is 13.8 Å². The van der Waals surface area contributed by atoms with Gasteiger partial charge in [0.05, 0.1) is 5.56 Å². The van der Waals surface area contributed by atoms with E-state index in [-0.39, 0.29) is 11.8 Å². The van der Waals surface area contributed by atoms with Gasteiger partial charge in [-0.1, -0.05) is 6.42 Å². The number of likely N-dealkylation sites (N-methyl/N-ethyl adjacent to an activating group) is 1. The van der Waals surface area contributed by atoms with E-state index in [0.29, 0.717) is 17.6 Å². The van der Waals surface area contributed by atoms with Crippen LogP contribution < -0.4 is 10.6 Å². The summed E-state index contributed by atoms with van der Waals surface area (Å²) in [7, 11) is 0. The highest BCUT2D eigenvalue weighted by atomic mass is 16.2. The topological polar surface area (TPSA) is 88.9 Å². The minimum atomic E-state index is -0.601. The Morgan fingerprint density at radius 1 is 1.28 bits per heavy atom. The van der Waals surface area contributed by atoms with Crippen molar-refractivity contribution in [2.45, 2.75) is 59.0 Å². The number of amides is 2. The molecule has 7 heteroatoms. The summed E-state index contributed by atoms with van der Waals surface area (Å²) in [6.45, 7) is 6.82. The van der Waals surface area contributed by atoms with Crippen LogP contribution in [0.5, 0.6) is 0 Å². The Labute approximate surface area is 147 Å². The Kier molecular flexibility index (Phi) is 5.01. The lowest BCUT2D eigenvalue weighted by atomic mass is 10.1. The van der Waals surface area contributed by atoms with Gasteiger partial charge in [-0.15, -0.1) is 0 Å². The molecule has 2 amide bonds.